The summed E-state index contributed by atoms with van der Waals surface area (Å²) in [5.74, 6) is -1.72. The second-order valence-corrected chi connectivity index (χ2v) is 5.70. The second-order valence-electron chi connectivity index (χ2n) is 5.70. The minimum atomic E-state index is -0.812. The zero-order valence-corrected chi connectivity index (χ0v) is 16.3. The second kappa shape index (κ2) is 11.7. The number of nitrogens with zero attached hydrogens (tertiary/aromatic N) is 2. The average molecular weight is 405 g/mol. The molecule has 0 fully saturated rings. The topological polar surface area (TPSA) is 156 Å². The van der Waals surface area contributed by atoms with E-state index in [1.807, 2.05) is 0 Å². The van der Waals surface area contributed by atoms with Gasteiger partial charge in [-0.3, -0.25) is 10.7 Å². The number of aliphatic imine (C=N–C) groups is 1. The van der Waals surface area contributed by atoms with E-state index in [9.17, 15) is 14.4 Å². The molecule has 0 aromatic heterocycles. The van der Waals surface area contributed by atoms with Gasteiger partial charge in [-0.2, -0.15) is 4.99 Å². The molecular formula is C18H23N5O6. The molecule has 1 rings (SSSR count). The number of nitrogens with one attached hydrogen (secondary N) is 2. The maximum atomic E-state index is 11.7. The van der Waals surface area contributed by atoms with Crippen molar-refractivity contribution < 1.29 is 28.6 Å². The summed E-state index contributed by atoms with van der Waals surface area (Å²) in [5.41, 5.74) is 6.90. The van der Waals surface area contributed by atoms with Gasteiger partial charge in [0.2, 0.25) is 11.9 Å². The zero-order valence-electron chi connectivity index (χ0n) is 16.3. The van der Waals surface area contributed by atoms with Gasteiger partial charge in [0, 0.05) is 26.2 Å². The number of hydrogen-bond acceptors (Lipinski definition) is 7. The van der Waals surface area contributed by atoms with Gasteiger partial charge in [0.1, 0.15) is 13.2 Å². The van der Waals surface area contributed by atoms with E-state index in [4.69, 9.17) is 20.6 Å². The first kappa shape index (κ1) is 23.1. The first-order chi connectivity index (χ1) is 13.7. The zero-order chi connectivity index (χ0) is 21.8. The maximum absolute atomic E-state index is 11.7. The van der Waals surface area contributed by atoms with Crippen molar-refractivity contribution in [3.63, 3.8) is 0 Å². The third kappa shape index (κ3) is 9.56. The first-order valence-corrected chi connectivity index (χ1v) is 8.25. The average Bonchev–Trinajstić information content (AvgIpc) is 2.69. The molecule has 0 atom stereocenters. The van der Waals surface area contributed by atoms with Crippen LogP contribution in [-0.4, -0.2) is 56.1 Å². The van der Waals surface area contributed by atoms with Gasteiger partial charge in [-0.1, -0.05) is 24.3 Å². The predicted octanol–water partition coefficient (Wildman–Crippen LogP) is 0.496. The summed E-state index contributed by atoms with van der Waals surface area (Å²) in [7, 11) is 4.43. The highest BCUT2D eigenvalue weighted by atomic mass is 16.5. The Balaban J connectivity index is 2.43. The molecule has 0 aliphatic rings. The van der Waals surface area contributed by atoms with Gasteiger partial charge < -0.3 is 24.8 Å². The van der Waals surface area contributed by atoms with Crippen LogP contribution in [-0.2, 0) is 37.0 Å². The number of rotatable bonds is 6. The number of methoxy groups -OCH3 is 1. The molecule has 0 bridgehead atoms. The van der Waals surface area contributed by atoms with Crippen molar-refractivity contribution in [3.05, 3.63) is 47.5 Å². The van der Waals surface area contributed by atoms with E-state index >= 15 is 0 Å². The highest BCUT2D eigenvalue weighted by molar-refractivity contribution is 5.99. The van der Waals surface area contributed by atoms with Crippen LogP contribution in [0.15, 0.2) is 41.4 Å². The summed E-state index contributed by atoms with van der Waals surface area (Å²) in [4.78, 5) is 39.1. The Bertz CT molecular complexity index is 801. The molecule has 11 nitrogen and oxygen atoms in total. The van der Waals surface area contributed by atoms with E-state index in [-0.39, 0.29) is 25.1 Å². The number of alkyl carbamates (subject to hydrolysis) is 1. The van der Waals surface area contributed by atoms with Crippen molar-refractivity contribution in [2.45, 2.75) is 13.2 Å². The summed E-state index contributed by atoms with van der Waals surface area (Å²) in [6.45, 7) is -0.0109. The minimum absolute atomic E-state index is 0.0107. The normalized spacial score (nSPS) is 10.9. The molecule has 0 heterocycles. The van der Waals surface area contributed by atoms with E-state index in [2.05, 4.69) is 15.0 Å². The Hall–Kier alpha value is -3.89. The molecule has 0 aliphatic carbocycles. The lowest BCUT2D eigenvalue weighted by molar-refractivity contribution is -0.140. The number of amides is 1. The number of esters is 2. The Morgan fingerprint density at radius 2 is 1.59 bits per heavy atom. The summed E-state index contributed by atoms with van der Waals surface area (Å²) < 4.78 is 14.4. The van der Waals surface area contributed by atoms with Crippen LogP contribution in [0.25, 0.3) is 0 Å². The van der Waals surface area contributed by atoms with Gasteiger partial charge in [0.25, 0.3) is 0 Å². The van der Waals surface area contributed by atoms with Crippen LogP contribution in [0, 0.1) is 5.41 Å². The van der Waals surface area contributed by atoms with E-state index in [0.717, 1.165) is 12.2 Å². The van der Waals surface area contributed by atoms with Crippen molar-refractivity contribution in [1.29, 1.82) is 5.41 Å². The van der Waals surface area contributed by atoms with Crippen LogP contribution < -0.4 is 11.1 Å². The van der Waals surface area contributed by atoms with Gasteiger partial charge in [0.05, 0.1) is 7.11 Å². The van der Waals surface area contributed by atoms with Crippen LogP contribution in [0.5, 0.6) is 0 Å². The van der Waals surface area contributed by atoms with E-state index in [1.54, 1.807) is 38.4 Å². The molecule has 0 aliphatic heterocycles. The highest BCUT2D eigenvalue weighted by Crippen LogP contribution is 2.07. The van der Waals surface area contributed by atoms with Gasteiger partial charge >= 0.3 is 18.0 Å². The lowest BCUT2D eigenvalue weighted by Crippen LogP contribution is -2.38. The lowest BCUT2D eigenvalue weighted by Gasteiger charge is -2.10. The van der Waals surface area contributed by atoms with Crippen LogP contribution >= 0.6 is 0 Å². The molecule has 156 valence electrons. The number of carbonyl (C=O) groups excluding carboxylic acids is 3. The number of hydrogen-bond donors (Lipinski definition) is 3. The molecule has 0 unspecified atom stereocenters. The minimum Gasteiger partial charge on any atom is -0.466 e. The van der Waals surface area contributed by atoms with E-state index in [1.165, 1.54) is 12.0 Å². The molecule has 0 spiro atoms. The molecule has 4 N–H and O–H groups in total. The molecule has 11 heteroatoms. The number of nitrogens with two attached hydrogens (primary N) is 1. The van der Waals surface area contributed by atoms with Crippen LogP contribution in [0.3, 0.4) is 0 Å². The van der Waals surface area contributed by atoms with Crippen molar-refractivity contribution in [2.75, 3.05) is 21.2 Å². The molecular weight excluding hydrogens is 382 g/mol. The third-order valence-electron chi connectivity index (χ3n) is 3.21. The Morgan fingerprint density at radius 1 is 1.07 bits per heavy atom. The quantitative estimate of drug-likeness (QED) is 0.203. The van der Waals surface area contributed by atoms with Crippen LogP contribution in [0.4, 0.5) is 4.79 Å². The van der Waals surface area contributed by atoms with Gasteiger partial charge in [0.15, 0.2) is 0 Å². The lowest BCUT2D eigenvalue weighted by atomic mass is 10.1. The van der Waals surface area contributed by atoms with Crippen molar-refractivity contribution in [2.24, 2.45) is 10.7 Å². The Labute approximate surface area is 167 Å². The van der Waals surface area contributed by atoms with E-state index in [0.29, 0.717) is 11.1 Å². The molecule has 1 aromatic rings. The SMILES string of the molecule is COC(=O)/C=C/C(=O)OCc1ccc(COC(=O)NC(N)=NC(=N)N(C)C)cc1. The fourth-order valence-corrected chi connectivity index (χ4v) is 1.67. The maximum Gasteiger partial charge on any atom is 0.414 e. The van der Waals surface area contributed by atoms with Gasteiger partial charge in [-0.15, -0.1) is 0 Å². The Morgan fingerprint density at radius 3 is 2.10 bits per heavy atom. The number of benzene rings is 1. The largest absolute Gasteiger partial charge is 0.466 e. The molecule has 0 saturated carbocycles. The Kier molecular flexibility index (Phi) is 9.38. The number of carbonyl (C=O) groups is 3. The highest BCUT2D eigenvalue weighted by Gasteiger charge is 2.07. The van der Waals surface area contributed by atoms with Crippen LogP contribution in [0.2, 0.25) is 0 Å². The standard InChI is InChI=1S/C18H23N5O6/c1-23(2)17(20)21-16(19)22-18(26)29-11-13-6-4-12(5-7-13)10-28-15(25)9-8-14(24)27-3/h4-9H,10-11H2,1-3H3,(H4,19,20,21,22,26)/b9-8+. The van der Waals surface area contributed by atoms with Crippen LogP contribution in [0.1, 0.15) is 11.1 Å². The fraction of sp³-hybridized carbons (Fsp3) is 0.278. The molecule has 0 saturated heterocycles. The molecule has 1 aromatic carbocycles. The van der Waals surface area contributed by atoms with Crippen molar-refractivity contribution >= 4 is 30.0 Å². The summed E-state index contributed by atoms with van der Waals surface area (Å²) in [6, 6.07) is 6.78. The summed E-state index contributed by atoms with van der Waals surface area (Å²) >= 11 is 0. The molecule has 29 heavy (non-hydrogen) atoms. The monoisotopic (exact) mass is 405 g/mol. The fourth-order valence-electron chi connectivity index (χ4n) is 1.67. The smallest absolute Gasteiger partial charge is 0.414 e. The summed E-state index contributed by atoms with van der Waals surface area (Å²) in [5, 5.41) is 9.70. The third-order valence-corrected chi connectivity index (χ3v) is 3.21. The van der Waals surface area contributed by atoms with Gasteiger partial charge in [-0.25, -0.2) is 14.4 Å². The van der Waals surface area contributed by atoms with Gasteiger partial charge in [-0.05, 0) is 11.1 Å². The van der Waals surface area contributed by atoms with Crippen molar-refractivity contribution in [1.82, 2.24) is 10.2 Å². The predicted molar refractivity (Wildman–Crippen MR) is 104 cm³/mol. The molecule has 1 amide bonds. The first-order valence-electron chi connectivity index (χ1n) is 8.25. The van der Waals surface area contributed by atoms with E-state index < -0.39 is 18.0 Å². The summed E-state index contributed by atoms with van der Waals surface area (Å²) in [6.07, 6.45) is 1.13. The van der Waals surface area contributed by atoms with Crippen molar-refractivity contribution in [3.8, 4) is 0 Å². The molecule has 0 radical (unpaired) electrons. The number of guanidine groups is 2. The number of ether oxygens (including phenoxy) is 3.